The van der Waals surface area contributed by atoms with E-state index in [1.54, 1.807) is 21.1 Å². The van der Waals surface area contributed by atoms with Crippen LogP contribution in [0, 0.1) is 20.8 Å². The summed E-state index contributed by atoms with van der Waals surface area (Å²) in [5, 5.41) is 7.52. The van der Waals surface area contributed by atoms with Gasteiger partial charge in [0, 0.05) is 67.2 Å². The van der Waals surface area contributed by atoms with Gasteiger partial charge in [0.25, 0.3) is 0 Å². The normalized spacial score (nSPS) is 10.4. The molecule has 3 N–H and O–H groups in total. The molecule has 0 radical (unpaired) electrons. The summed E-state index contributed by atoms with van der Waals surface area (Å²) in [7, 11) is 4.80. The van der Waals surface area contributed by atoms with Crippen molar-refractivity contribution < 1.29 is 52.3 Å². The zero-order valence-corrected chi connectivity index (χ0v) is 38.3. The van der Waals surface area contributed by atoms with E-state index in [4.69, 9.17) is 37.9 Å². The van der Waals surface area contributed by atoms with E-state index in [9.17, 15) is 14.4 Å². The van der Waals surface area contributed by atoms with Crippen LogP contribution in [0.4, 0.5) is 0 Å². The highest BCUT2D eigenvalue weighted by Gasteiger charge is 2.01. The molecule has 0 aromatic heterocycles. The highest BCUT2D eigenvalue weighted by molar-refractivity contribution is 5.77. The number of carbonyl (C=O) groups is 3. The third-order valence-corrected chi connectivity index (χ3v) is 8.65. The predicted molar refractivity (Wildman–Crippen MR) is 243 cm³/mol. The molecule has 62 heavy (non-hydrogen) atoms. The number of aryl methyl sites for hydroxylation is 3. The van der Waals surface area contributed by atoms with Crippen molar-refractivity contribution in [2.24, 2.45) is 0 Å². The van der Waals surface area contributed by atoms with Gasteiger partial charge < -0.3 is 53.8 Å². The number of likely N-dealkylation sites (N-methyl/N-ethyl adjacent to an activating group) is 3. The molecule has 3 rings (SSSR count). The fourth-order valence-corrected chi connectivity index (χ4v) is 4.91. The van der Waals surface area contributed by atoms with Crippen LogP contribution in [0.15, 0.2) is 72.8 Å². The van der Waals surface area contributed by atoms with E-state index >= 15 is 0 Å². The minimum atomic E-state index is -0.107. The fraction of sp³-hybridized carbons (Fsp3) is 0.562. The average Bonchev–Trinajstić information content (AvgIpc) is 3.29. The maximum absolute atomic E-state index is 10.9. The molecule has 0 aliphatic heterocycles. The Morgan fingerprint density at radius 3 is 1.02 bits per heavy atom. The van der Waals surface area contributed by atoms with Crippen molar-refractivity contribution in [3.05, 3.63) is 89.5 Å². The second-order valence-electron chi connectivity index (χ2n) is 14.2. The van der Waals surface area contributed by atoms with Gasteiger partial charge in [-0.25, -0.2) is 0 Å². The molecule has 0 saturated heterocycles. The molecule has 0 spiro atoms. The van der Waals surface area contributed by atoms with Crippen LogP contribution in [0.5, 0.6) is 17.2 Å². The van der Waals surface area contributed by atoms with E-state index in [2.05, 4.69) is 41.9 Å². The summed E-state index contributed by atoms with van der Waals surface area (Å²) < 4.78 is 43.3. The Bertz CT molecular complexity index is 1450. The first kappa shape index (κ1) is 55.3. The smallest absolute Gasteiger partial charge is 0.245 e. The van der Waals surface area contributed by atoms with Crippen molar-refractivity contribution in [2.45, 2.75) is 72.1 Å². The topological polar surface area (TPSA) is 161 Å². The van der Waals surface area contributed by atoms with Crippen LogP contribution in [0.2, 0.25) is 0 Å². The van der Waals surface area contributed by atoms with E-state index < -0.39 is 0 Å². The van der Waals surface area contributed by atoms with Gasteiger partial charge in [-0.1, -0.05) is 59.5 Å². The summed E-state index contributed by atoms with van der Waals surface area (Å²) in [6.45, 7) is 12.8. The molecule has 348 valence electrons. The van der Waals surface area contributed by atoms with Crippen LogP contribution in [-0.4, -0.2) is 125 Å². The van der Waals surface area contributed by atoms with Crippen LogP contribution in [0.1, 0.15) is 68.1 Å². The number of ether oxygens (including phenoxy) is 8. The fourth-order valence-electron chi connectivity index (χ4n) is 4.91. The Morgan fingerprint density at radius 2 is 0.613 bits per heavy atom. The Hall–Kier alpha value is -4.73. The summed E-state index contributed by atoms with van der Waals surface area (Å²) >= 11 is 0. The number of hydrogen-bond donors (Lipinski definition) is 3. The molecule has 14 heteroatoms. The maximum Gasteiger partial charge on any atom is 0.245 e. The van der Waals surface area contributed by atoms with E-state index in [0.717, 1.165) is 75.2 Å². The number of carbonyl (C=O) groups excluding carboxylic acids is 3. The lowest BCUT2D eigenvalue weighted by Gasteiger charge is -2.07. The van der Waals surface area contributed by atoms with Crippen LogP contribution in [0.25, 0.3) is 0 Å². The highest BCUT2D eigenvalue weighted by atomic mass is 16.5. The van der Waals surface area contributed by atoms with Gasteiger partial charge >= 0.3 is 0 Å². The molecule has 0 bridgehead atoms. The lowest BCUT2D eigenvalue weighted by atomic mass is 10.2. The van der Waals surface area contributed by atoms with E-state index in [1.807, 2.05) is 67.6 Å². The first-order chi connectivity index (χ1) is 30.2. The minimum Gasteiger partial charge on any atom is -0.494 e. The van der Waals surface area contributed by atoms with E-state index in [1.165, 1.54) is 16.7 Å². The number of amides is 3. The molecular weight excluding hydrogens is 795 g/mol. The quantitative estimate of drug-likeness (QED) is 0.0583. The van der Waals surface area contributed by atoms with Gasteiger partial charge in [-0.05, 0) is 95.7 Å². The van der Waals surface area contributed by atoms with Crippen LogP contribution >= 0.6 is 0 Å². The summed E-state index contributed by atoms with van der Waals surface area (Å²) in [4.78, 5) is 32.6. The van der Waals surface area contributed by atoms with Crippen LogP contribution < -0.4 is 30.2 Å². The van der Waals surface area contributed by atoms with Gasteiger partial charge in [0.05, 0.1) is 19.8 Å². The minimum absolute atomic E-state index is 0.0727. The average molecular weight is 870 g/mol. The van der Waals surface area contributed by atoms with Crippen molar-refractivity contribution in [3.63, 3.8) is 0 Å². The van der Waals surface area contributed by atoms with Crippen molar-refractivity contribution >= 4 is 17.7 Å². The first-order valence-electron chi connectivity index (χ1n) is 21.8. The largest absolute Gasteiger partial charge is 0.494 e. The Balaban J connectivity index is 0.000000465. The number of rotatable bonds is 32. The van der Waals surface area contributed by atoms with E-state index in [-0.39, 0.29) is 37.5 Å². The second kappa shape index (κ2) is 39.1. The van der Waals surface area contributed by atoms with Crippen molar-refractivity contribution in [3.8, 4) is 17.2 Å². The molecule has 0 heterocycles. The standard InChI is InChI=1S/2C16H25NO4.C16H25NO3/c1-14-5-7-15(8-6-14)21-12-4-10-19-9-3-11-20-13-16(18)17-2;1-14-5-7-15(8-6-14)21-12-11-19-9-3-4-10-20-13-16(18)17-2;1-14-7-9-15(10-8-14)20-12-6-4-3-5-11-19-13-16(18)17-2/h2*5-8H,3-4,9-13H2,1-2H3,(H,17,18);7-10H,3-6,11-13H2,1-2H3,(H,17,18). The second-order valence-corrected chi connectivity index (χ2v) is 14.2. The van der Waals surface area contributed by atoms with Crippen LogP contribution in [-0.2, 0) is 38.1 Å². The lowest BCUT2D eigenvalue weighted by Crippen LogP contribution is -2.23. The molecule has 3 aromatic rings. The predicted octanol–water partition coefficient (Wildman–Crippen LogP) is 6.56. The van der Waals surface area contributed by atoms with Gasteiger partial charge in [-0.3, -0.25) is 14.4 Å². The molecule has 0 saturated carbocycles. The molecule has 0 aliphatic rings. The Kier molecular flexibility index (Phi) is 34.9. The third-order valence-electron chi connectivity index (χ3n) is 8.65. The molecule has 0 atom stereocenters. The van der Waals surface area contributed by atoms with E-state index in [0.29, 0.717) is 59.5 Å². The zero-order chi connectivity index (χ0) is 45.3. The molecule has 0 aliphatic carbocycles. The molecule has 3 amide bonds. The number of unbranched alkanes of at least 4 members (excludes halogenated alkanes) is 4. The summed E-state index contributed by atoms with van der Waals surface area (Å²) in [5.74, 6) is 2.42. The Morgan fingerprint density at radius 1 is 0.339 bits per heavy atom. The molecule has 0 fully saturated rings. The van der Waals surface area contributed by atoms with Gasteiger partial charge in [0.15, 0.2) is 0 Å². The monoisotopic (exact) mass is 870 g/mol. The molecule has 14 nitrogen and oxygen atoms in total. The molecular formula is C48H75N3O11. The highest BCUT2D eigenvalue weighted by Crippen LogP contribution is 2.13. The zero-order valence-electron chi connectivity index (χ0n) is 38.3. The van der Waals surface area contributed by atoms with Crippen molar-refractivity contribution in [1.82, 2.24) is 16.0 Å². The number of hydrogen-bond acceptors (Lipinski definition) is 11. The number of nitrogens with one attached hydrogen (secondary N) is 3. The van der Waals surface area contributed by atoms with Crippen molar-refractivity contribution in [2.75, 3.05) is 107 Å². The van der Waals surface area contributed by atoms with Crippen LogP contribution in [0.3, 0.4) is 0 Å². The summed E-state index contributed by atoms with van der Waals surface area (Å²) in [6.07, 6.45) is 7.70. The number of benzene rings is 3. The first-order valence-corrected chi connectivity index (χ1v) is 21.8. The maximum atomic E-state index is 10.9. The summed E-state index contributed by atoms with van der Waals surface area (Å²) in [6, 6.07) is 24.1. The summed E-state index contributed by atoms with van der Waals surface area (Å²) in [5.41, 5.74) is 3.69. The van der Waals surface area contributed by atoms with Gasteiger partial charge in [0.2, 0.25) is 17.7 Å². The SMILES string of the molecule is CNC(=O)COCCCCCCOc1ccc(C)cc1.CNC(=O)COCCCCOCCOc1ccc(C)cc1.CNC(=O)COCCCOCCCOc1ccc(C)cc1. The third kappa shape index (κ3) is 33.9. The molecule has 0 unspecified atom stereocenters. The molecule has 3 aromatic carbocycles. The lowest BCUT2D eigenvalue weighted by molar-refractivity contribution is -0.126. The van der Waals surface area contributed by atoms with Crippen molar-refractivity contribution in [1.29, 1.82) is 0 Å². The van der Waals surface area contributed by atoms with Gasteiger partial charge in [-0.2, -0.15) is 0 Å². The van der Waals surface area contributed by atoms with Gasteiger partial charge in [0.1, 0.15) is 43.7 Å². The Labute approximate surface area is 371 Å². The van der Waals surface area contributed by atoms with Gasteiger partial charge in [-0.15, -0.1) is 0 Å².